The quantitative estimate of drug-likeness (QED) is 0.764. The zero-order chi connectivity index (χ0) is 18.7. The molecule has 0 spiro atoms. The number of carbonyl (C=O) groups excluding carboxylic acids is 1. The predicted octanol–water partition coefficient (Wildman–Crippen LogP) is 4.46. The molecular formula is C20H20N2O2S2. The van der Waals surface area contributed by atoms with Gasteiger partial charge in [0, 0.05) is 5.57 Å². The van der Waals surface area contributed by atoms with Gasteiger partial charge in [0.1, 0.15) is 5.75 Å². The Bertz CT molecular complexity index is 858. The van der Waals surface area contributed by atoms with Gasteiger partial charge in [0.05, 0.1) is 23.0 Å². The fourth-order valence-electron chi connectivity index (χ4n) is 2.89. The van der Waals surface area contributed by atoms with Crippen LogP contribution in [-0.2, 0) is 0 Å². The van der Waals surface area contributed by atoms with E-state index in [4.69, 9.17) is 17.0 Å². The van der Waals surface area contributed by atoms with Crippen LogP contribution in [0.5, 0.6) is 5.75 Å². The first-order valence-corrected chi connectivity index (χ1v) is 9.77. The van der Waals surface area contributed by atoms with Crippen LogP contribution in [0.2, 0.25) is 0 Å². The molecule has 26 heavy (non-hydrogen) atoms. The molecule has 2 amide bonds. The van der Waals surface area contributed by atoms with E-state index in [9.17, 15) is 4.79 Å². The van der Waals surface area contributed by atoms with E-state index in [1.165, 1.54) is 11.8 Å². The van der Waals surface area contributed by atoms with Gasteiger partial charge in [-0.15, -0.1) is 11.8 Å². The van der Waals surface area contributed by atoms with Crippen molar-refractivity contribution in [2.45, 2.75) is 13.0 Å². The number of methoxy groups -OCH3 is 1. The molecule has 2 aromatic carbocycles. The van der Waals surface area contributed by atoms with Crippen molar-refractivity contribution in [2.24, 2.45) is 0 Å². The molecule has 6 heteroatoms. The molecule has 0 bridgehead atoms. The number of urea groups is 1. The lowest BCUT2D eigenvalue weighted by Gasteiger charge is -2.31. The van der Waals surface area contributed by atoms with Crippen LogP contribution in [0.3, 0.4) is 0 Å². The molecule has 0 saturated heterocycles. The number of benzene rings is 2. The number of hydrogen-bond donors (Lipinski definition) is 2. The van der Waals surface area contributed by atoms with Crippen LogP contribution in [0.25, 0.3) is 5.70 Å². The van der Waals surface area contributed by atoms with Crippen molar-refractivity contribution < 1.29 is 9.53 Å². The van der Waals surface area contributed by atoms with Gasteiger partial charge in [-0.05, 0) is 36.4 Å². The number of aryl methyl sites for hydroxylation is 1. The minimum Gasteiger partial charge on any atom is -0.497 e. The maximum absolute atomic E-state index is 12.3. The molecule has 2 N–H and O–H groups in total. The molecule has 0 aliphatic carbocycles. The number of rotatable bonds is 4. The van der Waals surface area contributed by atoms with Crippen molar-refractivity contribution in [1.29, 1.82) is 0 Å². The lowest BCUT2D eigenvalue weighted by Crippen LogP contribution is -2.44. The number of thioether (sulfide) groups is 1. The van der Waals surface area contributed by atoms with Gasteiger partial charge in [-0.3, -0.25) is 0 Å². The third kappa shape index (κ3) is 3.76. The van der Waals surface area contributed by atoms with Crippen LogP contribution in [0.15, 0.2) is 54.1 Å². The molecule has 0 fully saturated rings. The zero-order valence-electron chi connectivity index (χ0n) is 14.8. The maximum Gasteiger partial charge on any atom is 0.320 e. The minimum absolute atomic E-state index is 0.242. The first-order valence-electron chi connectivity index (χ1n) is 8.14. The lowest BCUT2D eigenvalue weighted by atomic mass is 9.93. The molecule has 1 aliphatic heterocycles. The Morgan fingerprint density at radius 3 is 2.35 bits per heavy atom. The summed E-state index contributed by atoms with van der Waals surface area (Å²) in [5.41, 5.74) is 4.72. The summed E-state index contributed by atoms with van der Waals surface area (Å²) in [5, 5.41) is 5.94. The molecule has 0 radical (unpaired) electrons. The van der Waals surface area contributed by atoms with Crippen LogP contribution < -0.4 is 15.4 Å². The maximum atomic E-state index is 12.3. The number of thiocarbonyl (C=S) groups is 1. The van der Waals surface area contributed by atoms with Crippen LogP contribution in [-0.4, -0.2) is 23.6 Å². The SMILES string of the molecule is COc1ccc(C2NC(=O)NC(c3ccc(C)cc3)=C2C(=S)SC)cc1. The third-order valence-corrected chi connectivity index (χ3v) is 5.58. The van der Waals surface area contributed by atoms with Crippen molar-refractivity contribution in [1.82, 2.24) is 10.6 Å². The molecule has 4 nitrogen and oxygen atoms in total. The predicted molar refractivity (Wildman–Crippen MR) is 112 cm³/mol. The molecular weight excluding hydrogens is 364 g/mol. The first-order chi connectivity index (χ1) is 12.5. The highest BCUT2D eigenvalue weighted by atomic mass is 32.2. The van der Waals surface area contributed by atoms with E-state index in [1.54, 1.807) is 7.11 Å². The molecule has 134 valence electrons. The molecule has 0 aromatic heterocycles. The van der Waals surface area contributed by atoms with Gasteiger partial charge in [-0.2, -0.15) is 0 Å². The minimum atomic E-state index is -0.314. The van der Waals surface area contributed by atoms with E-state index in [2.05, 4.69) is 10.6 Å². The van der Waals surface area contributed by atoms with Crippen molar-refractivity contribution in [2.75, 3.05) is 13.4 Å². The van der Waals surface area contributed by atoms with Gasteiger partial charge >= 0.3 is 6.03 Å². The average Bonchev–Trinajstić information content (AvgIpc) is 2.67. The van der Waals surface area contributed by atoms with E-state index in [-0.39, 0.29) is 12.1 Å². The summed E-state index contributed by atoms with van der Waals surface area (Å²) in [4.78, 5) is 12.3. The van der Waals surface area contributed by atoms with Crippen LogP contribution in [0, 0.1) is 6.92 Å². The summed E-state index contributed by atoms with van der Waals surface area (Å²) in [5.74, 6) is 0.769. The summed E-state index contributed by atoms with van der Waals surface area (Å²) in [6.07, 6.45) is 1.95. The largest absolute Gasteiger partial charge is 0.497 e. The molecule has 1 heterocycles. The van der Waals surface area contributed by atoms with E-state index in [0.29, 0.717) is 0 Å². The topological polar surface area (TPSA) is 50.4 Å². The third-order valence-electron chi connectivity index (χ3n) is 4.27. The van der Waals surface area contributed by atoms with E-state index in [0.717, 1.165) is 37.9 Å². The summed E-state index contributed by atoms with van der Waals surface area (Å²) in [6.45, 7) is 2.03. The van der Waals surface area contributed by atoms with Gasteiger partial charge in [0.2, 0.25) is 0 Å². The first kappa shape index (κ1) is 18.5. The fourth-order valence-corrected chi connectivity index (χ4v) is 3.55. The monoisotopic (exact) mass is 384 g/mol. The Balaban J connectivity index is 2.14. The van der Waals surface area contributed by atoms with Crippen LogP contribution in [0.4, 0.5) is 4.79 Å². The Labute approximate surface area is 163 Å². The number of ether oxygens (including phenoxy) is 1. The van der Waals surface area contributed by atoms with Crippen LogP contribution in [0.1, 0.15) is 22.7 Å². The second kappa shape index (κ2) is 7.93. The molecule has 1 aliphatic rings. The van der Waals surface area contributed by atoms with Crippen LogP contribution >= 0.6 is 24.0 Å². The standard InChI is InChI=1S/C20H20N2O2S2/c1-12-4-6-13(7-5-12)17-16(19(25)26-3)18(22-20(23)21-17)14-8-10-15(24-2)11-9-14/h4-11,18H,1-3H3,(H2,21,22,23). The van der Waals surface area contributed by atoms with Gasteiger partial charge in [-0.25, -0.2) is 4.79 Å². The average molecular weight is 385 g/mol. The number of amides is 2. The summed E-state index contributed by atoms with van der Waals surface area (Å²) >= 11 is 7.13. The van der Waals surface area contributed by atoms with Crippen molar-refractivity contribution in [3.8, 4) is 5.75 Å². The number of nitrogens with one attached hydrogen (secondary N) is 2. The summed E-state index contributed by atoms with van der Waals surface area (Å²) in [6, 6.07) is 15.2. The van der Waals surface area contributed by atoms with Gasteiger partial charge in [0.25, 0.3) is 0 Å². The Kier molecular flexibility index (Phi) is 5.64. The molecule has 2 aromatic rings. The molecule has 0 saturated carbocycles. The van der Waals surface area contributed by atoms with Gasteiger partial charge < -0.3 is 15.4 Å². The van der Waals surface area contributed by atoms with Crippen molar-refractivity contribution in [3.63, 3.8) is 0 Å². The number of carbonyl (C=O) groups is 1. The van der Waals surface area contributed by atoms with E-state index in [1.807, 2.05) is 61.7 Å². The van der Waals surface area contributed by atoms with E-state index < -0.39 is 0 Å². The van der Waals surface area contributed by atoms with Crippen molar-refractivity contribution >= 4 is 39.9 Å². The van der Waals surface area contributed by atoms with E-state index >= 15 is 0 Å². The highest BCUT2D eigenvalue weighted by Gasteiger charge is 2.31. The Morgan fingerprint density at radius 1 is 1.12 bits per heavy atom. The second-order valence-corrected chi connectivity index (χ2v) is 7.43. The van der Waals surface area contributed by atoms with Crippen molar-refractivity contribution in [3.05, 3.63) is 70.8 Å². The second-order valence-electron chi connectivity index (χ2n) is 5.95. The number of hydrogen-bond acceptors (Lipinski definition) is 4. The lowest BCUT2D eigenvalue weighted by molar-refractivity contribution is 0.241. The normalized spacial score (nSPS) is 16.7. The van der Waals surface area contributed by atoms with Gasteiger partial charge in [-0.1, -0.05) is 54.2 Å². The Hall–Kier alpha value is -2.31. The smallest absolute Gasteiger partial charge is 0.320 e. The zero-order valence-corrected chi connectivity index (χ0v) is 16.5. The Morgan fingerprint density at radius 2 is 1.77 bits per heavy atom. The van der Waals surface area contributed by atoms with Gasteiger partial charge in [0.15, 0.2) is 0 Å². The fraction of sp³-hybridized carbons (Fsp3) is 0.200. The summed E-state index contributed by atoms with van der Waals surface area (Å²) < 4.78 is 5.98. The molecule has 1 unspecified atom stereocenters. The summed E-state index contributed by atoms with van der Waals surface area (Å²) in [7, 11) is 1.63. The molecule has 1 atom stereocenters. The highest BCUT2D eigenvalue weighted by molar-refractivity contribution is 8.23. The highest BCUT2D eigenvalue weighted by Crippen LogP contribution is 2.35. The molecule has 3 rings (SSSR count).